The highest BCUT2D eigenvalue weighted by Crippen LogP contribution is 2.11. The van der Waals surface area contributed by atoms with E-state index in [4.69, 9.17) is 0 Å². The van der Waals surface area contributed by atoms with Crippen molar-refractivity contribution >= 4 is 35.3 Å². The van der Waals surface area contributed by atoms with Gasteiger partial charge in [0.15, 0.2) is 9.33 Å². The average molecular weight is 197 g/mol. The van der Waals surface area contributed by atoms with Crippen molar-refractivity contribution < 1.29 is 9.59 Å². The number of rotatable bonds is 0. The Labute approximate surface area is 56.4 Å². The Morgan fingerprint density at radius 3 is 2.38 bits per heavy atom. The molecule has 0 radical (unpaired) electrons. The van der Waals surface area contributed by atoms with Gasteiger partial charge in [-0.3, -0.25) is 4.79 Å². The van der Waals surface area contributed by atoms with E-state index < -0.39 is 9.33 Å². The Kier molecular flexibility index (Phi) is 1.57. The van der Waals surface area contributed by atoms with Crippen LogP contribution in [0, 0.1) is 0 Å². The van der Waals surface area contributed by atoms with Crippen LogP contribution in [0.1, 0.15) is 0 Å². The van der Waals surface area contributed by atoms with Crippen LogP contribution in [0.15, 0.2) is 0 Å². The largest absolute Gasteiger partial charge is 0.448 e. The van der Waals surface area contributed by atoms with Crippen molar-refractivity contribution in [2.24, 2.45) is 0 Å². The molecule has 8 heavy (non-hydrogen) atoms. The molecule has 0 aliphatic carbocycles. The summed E-state index contributed by atoms with van der Waals surface area (Å²) in [7, 11) is -0.535. The molecule has 1 heterocycles. The first-order valence-electron chi connectivity index (χ1n) is 1.91. The van der Waals surface area contributed by atoms with Crippen LogP contribution in [-0.2, 0) is 14.1 Å². The highest BCUT2D eigenvalue weighted by Gasteiger charge is 2.39. The van der Waals surface area contributed by atoms with E-state index in [1.165, 1.54) is 0 Å². The maximum atomic E-state index is 10.4. The lowest BCUT2D eigenvalue weighted by Crippen LogP contribution is -2.19. The van der Waals surface area contributed by atoms with Gasteiger partial charge in [0.25, 0.3) is 5.91 Å². The van der Waals surface area contributed by atoms with Gasteiger partial charge >= 0.3 is 5.24 Å². The highest BCUT2D eigenvalue weighted by molar-refractivity contribution is 9.50. The molecule has 1 fully saturated rings. The van der Waals surface area contributed by atoms with Gasteiger partial charge in [-0.05, 0) is 0 Å². The molecule has 1 atom stereocenters. The smallest absolute Gasteiger partial charge is 0.269 e. The topological polar surface area (TPSA) is 46.2 Å². The number of carbonyl (C=O) groups excluding carboxylic acids is 2. The third-order valence-corrected chi connectivity index (χ3v) is 3.29. The van der Waals surface area contributed by atoms with Crippen LogP contribution >= 0.6 is 14.8 Å². The van der Waals surface area contributed by atoms with Crippen LogP contribution < -0.4 is 5.32 Å². The van der Waals surface area contributed by atoms with Crippen LogP contribution in [0.2, 0.25) is 0 Å². The molecule has 5 heteroatoms. The van der Waals surface area contributed by atoms with Gasteiger partial charge in [0.05, 0.1) is 0 Å². The predicted octanol–water partition coefficient (Wildman–Crippen LogP) is 0.164. The van der Waals surface area contributed by atoms with E-state index in [-0.39, 0.29) is 11.1 Å². The molecule has 1 aliphatic rings. The Morgan fingerprint density at radius 1 is 1.62 bits per heavy atom. The molecule has 0 aromatic rings. The zero-order valence-corrected chi connectivity index (χ0v) is 6.21. The molecule has 0 bridgehead atoms. The molecule has 1 saturated heterocycles. The molecule has 0 aromatic heterocycles. The van der Waals surface area contributed by atoms with Crippen molar-refractivity contribution in [1.29, 1.82) is 0 Å². The second-order valence-electron chi connectivity index (χ2n) is 1.31. The number of halogens is 1. The third-order valence-electron chi connectivity index (χ3n) is 0.700. The molecule has 1 N–H and O–H groups in total. The van der Waals surface area contributed by atoms with Crippen molar-refractivity contribution in [2.45, 2.75) is 0 Å². The van der Waals surface area contributed by atoms with Gasteiger partial charge in [-0.1, -0.05) is 0 Å². The summed E-state index contributed by atoms with van der Waals surface area (Å²) in [5.74, 6) is 0.119. The fraction of sp³-hybridized carbons (Fsp3) is 0.333. The van der Waals surface area contributed by atoms with Gasteiger partial charge in [0.2, 0.25) is 20.6 Å². The number of imide groups is 1. The van der Waals surface area contributed by atoms with Crippen LogP contribution in [-0.4, -0.2) is 16.9 Å². The van der Waals surface area contributed by atoms with Gasteiger partial charge in [-0.2, -0.15) is 0 Å². The number of hydrogen-bond acceptors (Lipinski definition) is 2. The molecule has 1 rings (SSSR count). The Hall–Kier alpha value is -0.0300. The minimum atomic E-state index is -0.535. The van der Waals surface area contributed by atoms with Gasteiger partial charge in [0.1, 0.15) is 0 Å². The summed E-state index contributed by atoms with van der Waals surface area (Å²) in [5, 5.41) is 1.96. The molecular weight excluding hydrogens is 194 g/mol. The minimum absolute atomic E-state index is 0.185. The zero-order chi connectivity index (χ0) is 6.15. The van der Waals surface area contributed by atoms with Gasteiger partial charge < -0.3 is 0 Å². The highest BCUT2D eigenvalue weighted by atomic mass is 79.9. The van der Waals surface area contributed by atoms with E-state index in [2.05, 4.69) is 20.1 Å². The van der Waals surface area contributed by atoms with Gasteiger partial charge in [-0.15, -0.1) is 0 Å². The molecule has 0 saturated carbocycles. The van der Waals surface area contributed by atoms with Crippen molar-refractivity contribution in [3.05, 3.63) is 0 Å². The first-order valence-corrected chi connectivity index (χ1v) is 5.15. The molecule has 1 aliphatic heterocycles. The summed E-state index contributed by atoms with van der Waals surface area (Å²) in [6, 6.07) is 0. The Bertz CT molecular complexity index is 148. The number of nitrogens with one attached hydrogen (secondary N) is 1. The summed E-state index contributed by atoms with van der Waals surface area (Å²) in [6.07, 6.45) is 0. The molecule has 0 spiro atoms. The molecule has 2 amide bonds. The summed E-state index contributed by atoms with van der Waals surface area (Å²) >= 11 is 3.04. The molecule has 44 valence electrons. The van der Waals surface area contributed by atoms with Crippen LogP contribution in [0.5, 0.6) is 0 Å². The molecule has 1 unspecified atom stereocenters. The second kappa shape index (κ2) is 2.06. The fourth-order valence-electron chi connectivity index (χ4n) is 0.386. The van der Waals surface area contributed by atoms with E-state index in [9.17, 15) is 9.59 Å². The lowest BCUT2D eigenvalue weighted by Gasteiger charge is -1.73. The van der Waals surface area contributed by atoms with Gasteiger partial charge in [0, 0.05) is 0 Å². The second-order valence-corrected chi connectivity index (χ2v) is 4.98. The quantitative estimate of drug-likeness (QED) is 0.562. The summed E-state index contributed by atoms with van der Waals surface area (Å²) in [6.45, 7) is 0. The molecule has 3 nitrogen and oxygen atoms in total. The maximum Gasteiger partial charge on any atom is 0.448 e. The van der Waals surface area contributed by atoms with E-state index >= 15 is 0 Å². The predicted molar refractivity (Wildman–Crippen MR) is 34.7 cm³/mol. The molecular formula is C3H3BrNO2S+. The standard InChI is InChI=1S/C3H2BrNO2S/c4-8-1-2(6)5-3(8)7/h1H2/p+1. The SMILES string of the molecule is O=C1C[S+](Br)C(=O)N1. The van der Waals surface area contributed by atoms with E-state index in [1.54, 1.807) is 0 Å². The first kappa shape index (κ1) is 6.10. The van der Waals surface area contributed by atoms with Crippen molar-refractivity contribution in [3.63, 3.8) is 0 Å². The Balaban J connectivity index is 2.64. The van der Waals surface area contributed by atoms with Crippen LogP contribution in [0.3, 0.4) is 0 Å². The molecule has 0 aromatic carbocycles. The lowest BCUT2D eigenvalue weighted by atomic mass is 10.7. The van der Waals surface area contributed by atoms with Crippen molar-refractivity contribution in [2.75, 3.05) is 5.75 Å². The van der Waals surface area contributed by atoms with Crippen molar-refractivity contribution in [1.82, 2.24) is 5.32 Å². The van der Waals surface area contributed by atoms with E-state index in [0.29, 0.717) is 5.75 Å². The van der Waals surface area contributed by atoms with Crippen LogP contribution in [0.25, 0.3) is 0 Å². The van der Waals surface area contributed by atoms with E-state index in [0.717, 1.165) is 0 Å². The summed E-state index contributed by atoms with van der Waals surface area (Å²) in [4.78, 5) is 20.7. The summed E-state index contributed by atoms with van der Waals surface area (Å²) in [5.41, 5.74) is 0. The Morgan fingerprint density at radius 2 is 2.25 bits per heavy atom. The monoisotopic (exact) mass is 196 g/mol. The first-order chi connectivity index (χ1) is 3.70. The zero-order valence-electron chi connectivity index (χ0n) is 3.81. The lowest BCUT2D eigenvalue weighted by molar-refractivity contribution is -0.117. The number of carbonyl (C=O) groups is 2. The van der Waals surface area contributed by atoms with E-state index in [1.807, 2.05) is 0 Å². The minimum Gasteiger partial charge on any atom is -0.269 e. The third kappa shape index (κ3) is 1.03. The fourth-order valence-corrected chi connectivity index (χ4v) is 1.91. The number of amides is 2. The normalized spacial score (nSPS) is 28.4. The maximum absolute atomic E-state index is 10.4. The average Bonchev–Trinajstić information content (AvgIpc) is 1.85. The summed E-state index contributed by atoms with van der Waals surface area (Å²) < 4.78 is 0. The van der Waals surface area contributed by atoms with Gasteiger partial charge in [-0.25, -0.2) is 10.1 Å². The van der Waals surface area contributed by atoms with Crippen LogP contribution in [0.4, 0.5) is 4.79 Å². The number of hydrogen-bond donors (Lipinski definition) is 1. The van der Waals surface area contributed by atoms with Crippen molar-refractivity contribution in [3.8, 4) is 0 Å².